The molecule has 2 fully saturated rings. The Balaban J connectivity index is 0.000000168. The molecule has 8 aromatic carbocycles. The number of likely N-dealkylation sites (tertiary alicyclic amines) is 1. The van der Waals surface area contributed by atoms with E-state index in [9.17, 15) is 42.9 Å². The van der Waals surface area contributed by atoms with E-state index in [0.29, 0.717) is 197 Å². The number of aromatic nitrogens is 7. The summed E-state index contributed by atoms with van der Waals surface area (Å²) >= 11 is 24.3. The third-order valence-electron chi connectivity index (χ3n) is 21.5. The molecule has 1 amide bonds. The van der Waals surface area contributed by atoms with Crippen LogP contribution in [0.4, 0.5) is 64.6 Å². The number of nitriles is 2. The molecular formula is C105H105Cl4F3N18O10. The van der Waals surface area contributed by atoms with Gasteiger partial charge in [0.1, 0.15) is 95.3 Å². The summed E-state index contributed by atoms with van der Waals surface area (Å²) in [5, 5.41) is 38.2. The van der Waals surface area contributed by atoms with Crippen LogP contribution in [-0.4, -0.2) is 199 Å². The van der Waals surface area contributed by atoms with Crippen molar-refractivity contribution >= 4 is 165 Å². The van der Waals surface area contributed by atoms with Crippen molar-refractivity contribution in [3.8, 4) is 40.9 Å². The lowest BCUT2D eigenvalue weighted by atomic mass is 10.0. The van der Waals surface area contributed by atoms with Gasteiger partial charge in [-0.05, 0) is 209 Å². The van der Waals surface area contributed by atoms with Crippen LogP contribution in [0.15, 0.2) is 219 Å². The van der Waals surface area contributed by atoms with Crippen LogP contribution in [-0.2, 0) is 49.8 Å². The van der Waals surface area contributed by atoms with E-state index < -0.39 is 17.5 Å². The third kappa shape index (κ3) is 30.4. The highest BCUT2D eigenvalue weighted by molar-refractivity contribution is 6.33. The lowest BCUT2D eigenvalue weighted by molar-refractivity contribution is -0.114. The number of allylic oxidation sites excluding steroid dienone is 3. The molecule has 5 N–H and O–H groups in total. The average molecular weight is 1980 g/mol. The molecule has 7 heterocycles. The summed E-state index contributed by atoms with van der Waals surface area (Å²) in [4.78, 5) is 89.2. The smallest absolute Gasteiger partial charge is 0.248 e. The Hall–Kier alpha value is -14.2. The van der Waals surface area contributed by atoms with E-state index in [0.717, 1.165) is 37.3 Å². The second-order valence-electron chi connectivity index (χ2n) is 33.0. The number of benzene rings is 8. The number of hydrogen-bond acceptors (Lipinski definition) is 27. The molecule has 28 nitrogen and oxygen atoms in total. The molecule has 2 aliphatic rings. The van der Waals surface area contributed by atoms with Gasteiger partial charge < -0.3 is 69.7 Å². The number of hydrogen-bond donors (Lipinski definition) is 5. The van der Waals surface area contributed by atoms with Crippen LogP contribution in [0.2, 0.25) is 20.1 Å². The second-order valence-corrected chi connectivity index (χ2v) is 34.7. The maximum atomic E-state index is 13.6. The van der Waals surface area contributed by atoms with E-state index in [4.69, 9.17) is 74.8 Å². The number of nitrogens with zero attached hydrogens (tertiary/aromatic N) is 13. The fourth-order valence-electron chi connectivity index (χ4n) is 14.7. The number of ketones is 3. The number of methoxy groups -OCH3 is 1. The number of nitrogens with one attached hydrogen (secondary N) is 5. The summed E-state index contributed by atoms with van der Waals surface area (Å²) in [6.07, 6.45) is 26.0. The van der Waals surface area contributed by atoms with Crippen molar-refractivity contribution in [3.63, 3.8) is 0 Å². The third-order valence-corrected chi connectivity index (χ3v) is 22.7. The van der Waals surface area contributed by atoms with Crippen LogP contribution in [0.3, 0.4) is 0 Å². The maximum absolute atomic E-state index is 13.6. The van der Waals surface area contributed by atoms with Gasteiger partial charge in [0.2, 0.25) is 5.91 Å². The lowest BCUT2D eigenvalue weighted by Gasteiger charge is -2.24. The van der Waals surface area contributed by atoms with Gasteiger partial charge in [-0.2, -0.15) is 10.5 Å². The molecule has 0 aliphatic carbocycles. The van der Waals surface area contributed by atoms with Crippen LogP contribution in [0.25, 0.3) is 43.6 Å². The zero-order valence-corrected chi connectivity index (χ0v) is 81.7. The normalized spacial score (nSPS) is 13.1. The van der Waals surface area contributed by atoms with Crippen LogP contribution in [0.5, 0.6) is 28.7 Å². The Bertz CT molecular complexity index is 6810. The number of ether oxygens (including phenoxy) is 6. The quantitative estimate of drug-likeness (QED) is 0.0226. The summed E-state index contributed by atoms with van der Waals surface area (Å²) in [6.45, 7) is 11.0. The maximum Gasteiger partial charge on any atom is 0.248 e. The number of carbonyl (C=O) groups is 4. The Kier molecular flexibility index (Phi) is 38.9. The van der Waals surface area contributed by atoms with Gasteiger partial charge in [-0.25, -0.2) is 33.1 Å². The van der Waals surface area contributed by atoms with E-state index in [2.05, 4.69) is 78.5 Å². The monoisotopic (exact) mass is 1970 g/mol. The van der Waals surface area contributed by atoms with Gasteiger partial charge in [-0.3, -0.25) is 39.0 Å². The minimum absolute atomic E-state index is 0.00400. The Morgan fingerprint density at radius 3 is 1.39 bits per heavy atom. The Labute approximate surface area is 829 Å². The zero-order chi connectivity index (χ0) is 99.7. The van der Waals surface area contributed by atoms with Gasteiger partial charge in [0.15, 0.2) is 17.3 Å². The number of amides is 1. The van der Waals surface area contributed by atoms with E-state index in [1.807, 2.05) is 138 Å². The molecule has 724 valence electrons. The number of rotatable bonds is 37. The molecule has 2 saturated heterocycles. The summed E-state index contributed by atoms with van der Waals surface area (Å²) in [5.41, 5.74) is 9.94. The number of halogens is 7. The molecule has 1 atom stereocenters. The predicted molar refractivity (Wildman–Crippen MR) is 545 cm³/mol. The Morgan fingerprint density at radius 2 is 0.943 bits per heavy atom. The number of likely N-dealkylation sites (N-methyl/N-ethyl adjacent to an activating group) is 3. The summed E-state index contributed by atoms with van der Waals surface area (Å²) in [5.74, 6) is 1.82. The summed E-state index contributed by atoms with van der Waals surface area (Å²) in [7, 11) is 13.1. The predicted octanol–water partition coefficient (Wildman–Crippen LogP) is 21.1. The highest BCUT2D eigenvalue weighted by Crippen LogP contribution is 2.41. The van der Waals surface area contributed by atoms with Crippen LogP contribution < -0.4 is 50.3 Å². The van der Waals surface area contributed by atoms with Gasteiger partial charge in [-0.15, -0.1) is 0 Å². The zero-order valence-electron chi connectivity index (χ0n) is 78.6. The first-order valence-corrected chi connectivity index (χ1v) is 46.4. The van der Waals surface area contributed by atoms with Crippen molar-refractivity contribution in [2.24, 2.45) is 0 Å². The highest BCUT2D eigenvalue weighted by atomic mass is 35.5. The van der Waals surface area contributed by atoms with Gasteiger partial charge in [-0.1, -0.05) is 83.2 Å². The van der Waals surface area contributed by atoms with Crippen LogP contribution in [0.1, 0.15) is 73.0 Å². The SMILES string of the molecule is CCOc1cc2ncc(C#N)c(Nc3ccc(F)c(Cl)c3)c2cc1CC(=O)/C=C/CN(C)C.CCOc1cc2ncc(C#N)c(Nc3ccc(OCc4ccccn4)c(Cl)c3)c2cc1CC(=O)/C=C/CN(C)C.CN(C)C/C=C/C(=O)Cc1cc2c(Nc3ccc(F)c(Cl)c3)ncnc2cc1O[C@H]1CCOC1.COc1cc2ncnc(Nc3ccc(F)c(Cl)c3)c2cc1NC(=O)/C=C/CN1CCCCC1. The first kappa shape index (κ1) is 105. The van der Waals surface area contributed by atoms with E-state index >= 15 is 0 Å². The summed E-state index contributed by atoms with van der Waals surface area (Å²) < 4.78 is 75.2. The van der Waals surface area contributed by atoms with Crippen LogP contribution >= 0.6 is 46.4 Å². The molecule has 0 saturated carbocycles. The average Bonchev–Trinajstić information content (AvgIpc) is 0.806. The lowest BCUT2D eigenvalue weighted by Crippen LogP contribution is -2.29. The first-order valence-electron chi connectivity index (χ1n) is 44.9. The molecule has 140 heavy (non-hydrogen) atoms. The molecule has 35 heteroatoms. The largest absolute Gasteiger partial charge is 0.494 e. The molecule has 2 aliphatic heterocycles. The minimum atomic E-state index is -0.535. The molecule has 0 spiro atoms. The van der Waals surface area contributed by atoms with E-state index in [1.165, 1.54) is 93.9 Å². The van der Waals surface area contributed by atoms with Crippen molar-refractivity contribution in [1.29, 1.82) is 10.5 Å². The van der Waals surface area contributed by atoms with Crippen molar-refractivity contribution in [3.05, 3.63) is 290 Å². The van der Waals surface area contributed by atoms with Crippen molar-refractivity contribution in [2.75, 3.05) is 142 Å². The fraction of sp³-hybridized carbons (Fsp3) is 0.267. The Morgan fingerprint density at radius 1 is 0.493 bits per heavy atom. The van der Waals surface area contributed by atoms with Crippen molar-refractivity contribution in [1.82, 2.24) is 54.5 Å². The fourth-order valence-corrected chi connectivity index (χ4v) is 15.5. The van der Waals surface area contributed by atoms with E-state index in [-0.39, 0.29) is 70.3 Å². The van der Waals surface area contributed by atoms with Gasteiger partial charge in [0.05, 0.1) is 110 Å². The van der Waals surface area contributed by atoms with Crippen LogP contribution in [0, 0.1) is 40.1 Å². The second kappa shape index (κ2) is 52.0. The molecule has 13 aromatic rings. The molecule has 15 rings (SSSR count). The molecule has 0 radical (unpaired) electrons. The molecule has 0 unspecified atom stereocenters. The molecule has 5 aromatic heterocycles. The molecular weight excluding hydrogens is 1870 g/mol. The topological polar surface area (TPSA) is 335 Å². The standard InChI is InChI=1S/C31H30ClN5O3.C25H26ClFN4O3.C25H24ClFN4O2.C24H25ClFN5O2/c1-4-39-30-17-28-26(15-21(30)14-25(38)9-7-13-37(2)3)31(22(18-33)19-35-28)36-23-10-11-29(27(32)16-23)40-20-24-8-5-6-12-34-24;1-31(2)8-3-4-18(32)10-16-11-20-23(13-24(16)34-19-7-9-33-14-19)28-15-29-25(20)30-17-5-6-22(27)21(26)12-17;1-4-33-24-13-23-20(11-16(24)10-19(32)6-5-9-31(2)3)25(17(14-28)15-29-23)30-18-7-8-22(27)21(26)12-18;1-33-22-14-20-17(24(28-15-27-20)29-16-7-8-19(26)18(25)12-16)13-21(22)30-23(32)6-5-11-31-9-3-2-4-10-31/h5-12,15-17,19H,4,13-14,20H2,1-3H3,(H,35,36);3-6,11-13,15,19H,7-10,14H2,1-2H3,(H,28,29,30);5-8,11-13,15H,4,9-10H2,1-3H3,(H,29,30);5-8,12-15H,2-4,9-11H2,1H3,(H,30,32)(H,27,28,29)/b9-7+;4-3+;2*6-5+/t;19-;;/m.0../s1. The van der Waals surface area contributed by atoms with E-state index in [1.54, 1.807) is 85.1 Å². The molecule has 0 bridgehead atoms. The number of carbonyl (C=O) groups excluding carboxylic acids is 4. The number of anilines is 9. The number of fused-ring (bicyclic) bond motifs is 4. The van der Waals surface area contributed by atoms with Gasteiger partial charge >= 0.3 is 0 Å². The van der Waals surface area contributed by atoms with Gasteiger partial charge in [0.25, 0.3) is 0 Å². The minimum Gasteiger partial charge on any atom is -0.494 e. The van der Waals surface area contributed by atoms with Crippen molar-refractivity contribution in [2.45, 2.75) is 71.5 Å². The number of piperidine rings is 1. The van der Waals surface area contributed by atoms with Crippen molar-refractivity contribution < 1.29 is 60.8 Å². The first-order chi connectivity index (χ1) is 67.6. The van der Waals surface area contributed by atoms with Gasteiger partial charge in [0, 0.05) is 162 Å². The highest BCUT2D eigenvalue weighted by Gasteiger charge is 2.25. The summed E-state index contributed by atoms with van der Waals surface area (Å²) in [6, 6.07) is 42.6. The number of pyridine rings is 3.